The molecule has 0 saturated carbocycles. The van der Waals surface area contributed by atoms with Gasteiger partial charge in [-0.15, -0.1) is 0 Å². The minimum atomic E-state index is 0.356. The molecule has 2 heterocycles. The second-order valence-electron chi connectivity index (χ2n) is 3.28. The van der Waals surface area contributed by atoms with Crippen molar-refractivity contribution < 1.29 is 0 Å². The molecule has 0 saturated heterocycles. The van der Waals surface area contributed by atoms with E-state index in [1.54, 1.807) is 24.4 Å². The van der Waals surface area contributed by atoms with Gasteiger partial charge in [-0.05, 0) is 31.2 Å². The van der Waals surface area contributed by atoms with Gasteiger partial charge in [-0.3, -0.25) is 4.98 Å². The van der Waals surface area contributed by atoms with Gasteiger partial charge in [0.25, 0.3) is 0 Å². The highest BCUT2D eigenvalue weighted by molar-refractivity contribution is 6.29. The molecular formula is C13H9ClN4. The van der Waals surface area contributed by atoms with Crippen LogP contribution in [0, 0.1) is 29.6 Å². The van der Waals surface area contributed by atoms with Crippen LogP contribution in [0.3, 0.4) is 0 Å². The van der Waals surface area contributed by atoms with Gasteiger partial charge in [-0.25, -0.2) is 4.98 Å². The predicted molar refractivity (Wildman–Crippen MR) is 67.7 cm³/mol. The van der Waals surface area contributed by atoms with Gasteiger partial charge < -0.3 is 0 Å². The van der Waals surface area contributed by atoms with Crippen molar-refractivity contribution in [3.8, 4) is 12.1 Å². The first-order valence-electron chi connectivity index (χ1n) is 5.00. The maximum Gasteiger partial charge on any atom is 0.130 e. The summed E-state index contributed by atoms with van der Waals surface area (Å²) in [5, 5.41) is 17.1. The summed E-state index contributed by atoms with van der Waals surface area (Å²) in [6.07, 6.45) is 3.13. The number of nitrogens with zero attached hydrogens (tertiary/aromatic N) is 4. The number of aromatic nitrogens is 2. The van der Waals surface area contributed by atoms with Gasteiger partial charge in [-0.1, -0.05) is 11.6 Å². The van der Waals surface area contributed by atoms with Crippen molar-refractivity contribution in [2.24, 2.45) is 0 Å². The average Bonchev–Trinajstić information content (AvgIpc) is 2.39. The van der Waals surface area contributed by atoms with Gasteiger partial charge in [0.2, 0.25) is 0 Å². The average molecular weight is 257 g/mol. The number of pyridine rings is 2. The fourth-order valence-corrected chi connectivity index (χ4v) is 1.26. The summed E-state index contributed by atoms with van der Waals surface area (Å²) >= 11 is 5.46. The summed E-state index contributed by atoms with van der Waals surface area (Å²) in [5.41, 5.74) is 2.09. The zero-order valence-corrected chi connectivity index (χ0v) is 10.4. The van der Waals surface area contributed by atoms with Gasteiger partial charge in [0, 0.05) is 18.1 Å². The van der Waals surface area contributed by atoms with Crippen LogP contribution in [0.2, 0.25) is 5.15 Å². The Morgan fingerprint density at radius 1 is 1.00 bits per heavy atom. The van der Waals surface area contributed by atoms with Gasteiger partial charge >= 0.3 is 0 Å². The Kier molecular flexibility index (Phi) is 5.31. The summed E-state index contributed by atoms with van der Waals surface area (Å²) < 4.78 is 0. The van der Waals surface area contributed by atoms with Crippen molar-refractivity contribution in [3.63, 3.8) is 0 Å². The van der Waals surface area contributed by atoms with Crippen LogP contribution in [0.5, 0.6) is 0 Å². The lowest BCUT2D eigenvalue weighted by Crippen LogP contribution is -1.79. The van der Waals surface area contributed by atoms with Gasteiger partial charge in [-0.2, -0.15) is 10.5 Å². The zero-order valence-electron chi connectivity index (χ0n) is 9.63. The molecule has 0 spiro atoms. The SMILES string of the molecule is Cc1cc(C#N)ccn1.N#Cc1ccnc(Cl)c1. The molecule has 0 atom stereocenters. The van der Waals surface area contributed by atoms with Crippen molar-refractivity contribution in [2.75, 3.05) is 0 Å². The van der Waals surface area contributed by atoms with Crippen LogP contribution in [0.25, 0.3) is 0 Å². The Labute approximate surface area is 110 Å². The van der Waals surface area contributed by atoms with E-state index in [0.29, 0.717) is 16.3 Å². The maximum absolute atomic E-state index is 8.38. The van der Waals surface area contributed by atoms with Crippen LogP contribution in [0.15, 0.2) is 36.7 Å². The van der Waals surface area contributed by atoms with E-state index < -0.39 is 0 Å². The molecule has 18 heavy (non-hydrogen) atoms. The number of aryl methyl sites for hydroxylation is 1. The lowest BCUT2D eigenvalue weighted by molar-refractivity contribution is 1.19. The molecule has 2 aromatic rings. The molecule has 0 aliphatic rings. The molecule has 0 fully saturated rings. The van der Waals surface area contributed by atoms with Gasteiger partial charge in [0.15, 0.2) is 0 Å². The van der Waals surface area contributed by atoms with Crippen LogP contribution in [0.1, 0.15) is 16.8 Å². The van der Waals surface area contributed by atoms with E-state index >= 15 is 0 Å². The Morgan fingerprint density at radius 3 is 1.94 bits per heavy atom. The van der Waals surface area contributed by atoms with Crippen LogP contribution in [0.4, 0.5) is 0 Å². The molecule has 2 aromatic heterocycles. The Bertz CT molecular complexity index is 555. The molecule has 0 aliphatic carbocycles. The number of hydrogen-bond donors (Lipinski definition) is 0. The van der Waals surface area contributed by atoms with Crippen molar-refractivity contribution in [1.82, 2.24) is 9.97 Å². The molecule has 0 amide bonds. The van der Waals surface area contributed by atoms with Crippen molar-refractivity contribution in [1.29, 1.82) is 10.5 Å². The van der Waals surface area contributed by atoms with Crippen LogP contribution >= 0.6 is 11.6 Å². The Morgan fingerprint density at radius 2 is 1.56 bits per heavy atom. The van der Waals surface area contributed by atoms with E-state index in [0.717, 1.165) is 5.69 Å². The monoisotopic (exact) mass is 256 g/mol. The number of halogens is 1. The Balaban J connectivity index is 0.000000180. The third-order valence-electron chi connectivity index (χ3n) is 1.88. The van der Waals surface area contributed by atoms with E-state index in [1.807, 2.05) is 19.1 Å². The zero-order chi connectivity index (χ0) is 13.4. The summed E-state index contributed by atoms with van der Waals surface area (Å²) in [7, 11) is 0. The second-order valence-corrected chi connectivity index (χ2v) is 3.66. The molecule has 2 rings (SSSR count). The van der Waals surface area contributed by atoms with Crippen molar-refractivity contribution in [2.45, 2.75) is 6.92 Å². The first-order valence-corrected chi connectivity index (χ1v) is 5.38. The number of hydrogen-bond acceptors (Lipinski definition) is 4. The molecule has 0 aliphatic heterocycles. The fourth-order valence-electron chi connectivity index (χ4n) is 1.09. The smallest absolute Gasteiger partial charge is 0.130 e. The molecule has 0 N–H and O–H groups in total. The van der Waals surface area contributed by atoms with Crippen molar-refractivity contribution in [3.05, 3.63) is 58.6 Å². The second kappa shape index (κ2) is 7.01. The first kappa shape index (κ1) is 13.6. The minimum Gasteiger partial charge on any atom is -0.262 e. The highest BCUT2D eigenvalue weighted by atomic mass is 35.5. The summed E-state index contributed by atoms with van der Waals surface area (Å²) in [6, 6.07) is 10.5. The number of rotatable bonds is 0. The quantitative estimate of drug-likeness (QED) is 0.680. The lowest BCUT2D eigenvalue weighted by atomic mass is 10.2. The van der Waals surface area contributed by atoms with Crippen LogP contribution in [-0.2, 0) is 0 Å². The largest absolute Gasteiger partial charge is 0.262 e. The summed E-state index contributed by atoms with van der Waals surface area (Å²) in [5.74, 6) is 0. The van der Waals surface area contributed by atoms with E-state index in [9.17, 15) is 0 Å². The van der Waals surface area contributed by atoms with E-state index in [-0.39, 0.29) is 0 Å². The topological polar surface area (TPSA) is 73.4 Å². The normalized spacial score (nSPS) is 8.44. The molecule has 0 bridgehead atoms. The lowest BCUT2D eigenvalue weighted by Gasteiger charge is -1.87. The standard InChI is InChI=1S/C7H6N2.C6H3ClN2/c1-6-4-7(5-8)2-3-9-6;7-6-3-5(4-8)1-2-9-6/h2-4H,1H3;1-3H. The minimum absolute atomic E-state index is 0.356. The van der Waals surface area contributed by atoms with Gasteiger partial charge in [0.05, 0.1) is 23.3 Å². The molecule has 88 valence electrons. The van der Waals surface area contributed by atoms with Crippen molar-refractivity contribution >= 4 is 11.6 Å². The highest BCUT2D eigenvalue weighted by Gasteiger charge is 1.89. The van der Waals surface area contributed by atoms with Crippen LogP contribution < -0.4 is 0 Å². The third-order valence-corrected chi connectivity index (χ3v) is 2.09. The third kappa shape index (κ3) is 4.61. The number of nitriles is 2. The first-order chi connectivity index (χ1) is 8.65. The van der Waals surface area contributed by atoms with E-state index in [1.165, 1.54) is 12.3 Å². The van der Waals surface area contributed by atoms with Crippen LogP contribution in [-0.4, -0.2) is 9.97 Å². The predicted octanol–water partition coefficient (Wildman–Crippen LogP) is 2.87. The summed E-state index contributed by atoms with van der Waals surface area (Å²) in [4.78, 5) is 7.64. The molecule has 4 nitrogen and oxygen atoms in total. The molecule has 0 aromatic carbocycles. The van der Waals surface area contributed by atoms with E-state index in [2.05, 4.69) is 9.97 Å². The van der Waals surface area contributed by atoms with Gasteiger partial charge in [0.1, 0.15) is 5.15 Å². The fraction of sp³-hybridized carbons (Fsp3) is 0.0769. The Hall–Kier alpha value is -2.43. The molecule has 0 unspecified atom stereocenters. The molecule has 0 radical (unpaired) electrons. The summed E-state index contributed by atoms with van der Waals surface area (Å²) in [6.45, 7) is 1.86. The molecular weight excluding hydrogens is 248 g/mol. The maximum atomic E-state index is 8.38. The van der Waals surface area contributed by atoms with E-state index in [4.69, 9.17) is 22.1 Å². The highest BCUT2D eigenvalue weighted by Crippen LogP contribution is 2.04. The molecule has 5 heteroatoms.